The molecule has 0 bridgehead atoms. The molecule has 180 valence electrons. The molecule has 0 aromatic heterocycles. The molecule has 0 spiro atoms. The molecule has 0 radical (unpaired) electrons. The van der Waals surface area contributed by atoms with Crippen LogP contribution in [0.3, 0.4) is 0 Å². The minimum atomic E-state index is -3.97. The van der Waals surface area contributed by atoms with Crippen LogP contribution >= 0.6 is 0 Å². The fourth-order valence-electron chi connectivity index (χ4n) is 3.63. The highest BCUT2D eigenvalue weighted by Crippen LogP contribution is 2.30. The zero-order chi connectivity index (χ0) is 24.9. The first-order valence-electron chi connectivity index (χ1n) is 10.8. The van der Waals surface area contributed by atoms with Gasteiger partial charge in [0, 0.05) is 0 Å². The van der Waals surface area contributed by atoms with E-state index < -0.39 is 15.9 Å². The summed E-state index contributed by atoms with van der Waals surface area (Å²) in [6, 6.07) is 18.7. The second-order valence-electron chi connectivity index (χ2n) is 8.02. The molecule has 0 aliphatic rings. The first-order chi connectivity index (χ1) is 16.2. The average Bonchev–Trinajstić information content (AvgIpc) is 2.84. The maximum atomic E-state index is 13.6. The van der Waals surface area contributed by atoms with Gasteiger partial charge in [-0.25, -0.2) is 8.42 Å². The molecule has 3 aromatic rings. The number of ether oxygens (including phenoxy) is 2. The number of hydrogen-bond acceptors (Lipinski definition) is 5. The standard InChI is InChI=1S/C26H30N2O5S/c1-18-11-12-19(2)23(15-18)28(34(30,31)22-9-7-6-8-10-22)17-26(29)27-20(3)21-13-14-24(32-4)25(16-21)33-5/h6-16,20H,17H2,1-5H3,(H,27,29)/t20-/m1/s1. The van der Waals surface area contributed by atoms with Crippen LogP contribution in [0.1, 0.15) is 29.7 Å². The molecule has 0 aliphatic carbocycles. The van der Waals surface area contributed by atoms with Crippen molar-refractivity contribution in [3.8, 4) is 11.5 Å². The van der Waals surface area contributed by atoms with E-state index in [0.29, 0.717) is 17.2 Å². The van der Waals surface area contributed by atoms with Crippen molar-refractivity contribution >= 4 is 21.6 Å². The molecule has 1 amide bonds. The molecular formula is C26H30N2O5S. The van der Waals surface area contributed by atoms with E-state index in [4.69, 9.17) is 9.47 Å². The topological polar surface area (TPSA) is 84.9 Å². The highest BCUT2D eigenvalue weighted by atomic mass is 32.2. The Kier molecular flexibility index (Phi) is 7.83. The Balaban J connectivity index is 1.91. The number of nitrogens with zero attached hydrogens (tertiary/aromatic N) is 1. The van der Waals surface area contributed by atoms with Gasteiger partial charge in [0.25, 0.3) is 10.0 Å². The van der Waals surface area contributed by atoms with Crippen LogP contribution in [0.5, 0.6) is 11.5 Å². The summed E-state index contributed by atoms with van der Waals surface area (Å²) >= 11 is 0. The number of amides is 1. The molecule has 0 saturated heterocycles. The second kappa shape index (κ2) is 10.6. The minimum absolute atomic E-state index is 0.122. The predicted molar refractivity (Wildman–Crippen MR) is 133 cm³/mol. The number of methoxy groups -OCH3 is 2. The maximum absolute atomic E-state index is 13.6. The maximum Gasteiger partial charge on any atom is 0.264 e. The highest BCUT2D eigenvalue weighted by molar-refractivity contribution is 7.92. The van der Waals surface area contributed by atoms with Gasteiger partial charge in [0.05, 0.1) is 30.8 Å². The van der Waals surface area contributed by atoms with Crippen LogP contribution in [-0.2, 0) is 14.8 Å². The van der Waals surface area contributed by atoms with Gasteiger partial charge in [-0.3, -0.25) is 9.10 Å². The van der Waals surface area contributed by atoms with Crippen LogP contribution in [0.2, 0.25) is 0 Å². The van der Waals surface area contributed by atoms with E-state index in [1.807, 2.05) is 39.0 Å². The number of anilines is 1. The molecule has 3 rings (SSSR count). The van der Waals surface area contributed by atoms with Crippen LogP contribution in [0, 0.1) is 13.8 Å². The lowest BCUT2D eigenvalue weighted by Gasteiger charge is -2.27. The van der Waals surface area contributed by atoms with E-state index >= 15 is 0 Å². The van der Waals surface area contributed by atoms with Crippen LogP contribution in [-0.4, -0.2) is 35.1 Å². The molecule has 0 unspecified atom stereocenters. The Bertz CT molecular complexity index is 1260. The minimum Gasteiger partial charge on any atom is -0.493 e. The van der Waals surface area contributed by atoms with E-state index in [2.05, 4.69) is 5.32 Å². The number of carbonyl (C=O) groups excluding carboxylic acids is 1. The van der Waals surface area contributed by atoms with E-state index in [1.54, 1.807) is 50.6 Å². The Labute approximate surface area is 201 Å². The van der Waals surface area contributed by atoms with Gasteiger partial charge >= 0.3 is 0 Å². The molecule has 0 fully saturated rings. The van der Waals surface area contributed by atoms with Gasteiger partial charge in [0.15, 0.2) is 11.5 Å². The van der Waals surface area contributed by atoms with E-state index in [1.165, 1.54) is 16.4 Å². The molecule has 0 saturated carbocycles. The summed E-state index contributed by atoms with van der Waals surface area (Å²) in [5.74, 6) is 0.701. The number of aryl methyl sites for hydroxylation is 2. The van der Waals surface area contributed by atoms with Gasteiger partial charge in [-0.05, 0) is 67.8 Å². The largest absolute Gasteiger partial charge is 0.493 e. The van der Waals surface area contributed by atoms with Crippen LogP contribution < -0.4 is 19.1 Å². The van der Waals surface area contributed by atoms with Gasteiger partial charge in [0.2, 0.25) is 5.91 Å². The summed E-state index contributed by atoms with van der Waals surface area (Å²) in [6.07, 6.45) is 0. The van der Waals surface area contributed by atoms with Crippen molar-refractivity contribution < 1.29 is 22.7 Å². The molecule has 0 heterocycles. The summed E-state index contributed by atoms with van der Waals surface area (Å²) in [5, 5.41) is 2.90. The Hall–Kier alpha value is -3.52. The van der Waals surface area contributed by atoms with Gasteiger partial charge in [0.1, 0.15) is 6.54 Å². The lowest BCUT2D eigenvalue weighted by molar-refractivity contribution is -0.120. The molecule has 1 N–H and O–H groups in total. The number of hydrogen-bond donors (Lipinski definition) is 1. The lowest BCUT2D eigenvalue weighted by Crippen LogP contribution is -2.42. The number of carbonyl (C=O) groups is 1. The van der Waals surface area contributed by atoms with Crippen LogP contribution in [0.25, 0.3) is 0 Å². The van der Waals surface area contributed by atoms with Crippen molar-refractivity contribution in [1.29, 1.82) is 0 Å². The van der Waals surface area contributed by atoms with Gasteiger partial charge in [-0.1, -0.05) is 36.4 Å². The molecule has 1 atom stereocenters. The van der Waals surface area contributed by atoms with Gasteiger partial charge in [-0.2, -0.15) is 0 Å². The Morgan fingerprint density at radius 1 is 0.941 bits per heavy atom. The fourth-order valence-corrected chi connectivity index (χ4v) is 5.13. The fraction of sp³-hybridized carbons (Fsp3) is 0.269. The normalized spacial score (nSPS) is 12.0. The number of sulfonamides is 1. The quantitative estimate of drug-likeness (QED) is 0.489. The summed E-state index contributed by atoms with van der Waals surface area (Å²) < 4.78 is 38.9. The van der Waals surface area contributed by atoms with Crippen LogP contribution in [0.15, 0.2) is 71.6 Å². The van der Waals surface area contributed by atoms with Crippen LogP contribution in [0.4, 0.5) is 5.69 Å². The lowest BCUT2D eigenvalue weighted by atomic mass is 10.1. The number of benzene rings is 3. The first-order valence-corrected chi connectivity index (χ1v) is 12.3. The van der Waals surface area contributed by atoms with Crippen molar-refractivity contribution in [3.05, 3.63) is 83.4 Å². The zero-order valence-electron chi connectivity index (χ0n) is 20.0. The summed E-state index contributed by atoms with van der Waals surface area (Å²) in [5.41, 5.74) is 2.92. The summed E-state index contributed by atoms with van der Waals surface area (Å²) in [4.78, 5) is 13.2. The summed E-state index contributed by atoms with van der Waals surface area (Å²) in [7, 11) is -0.876. The van der Waals surface area contributed by atoms with Crippen molar-refractivity contribution in [1.82, 2.24) is 5.32 Å². The molecule has 0 aliphatic heterocycles. The third-order valence-corrected chi connectivity index (χ3v) is 7.31. The Morgan fingerprint density at radius 3 is 2.26 bits per heavy atom. The van der Waals surface area contributed by atoms with Gasteiger partial charge in [-0.15, -0.1) is 0 Å². The third-order valence-electron chi connectivity index (χ3n) is 5.54. The smallest absolute Gasteiger partial charge is 0.264 e. The van der Waals surface area contributed by atoms with E-state index in [0.717, 1.165) is 16.7 Å². The number of rotatable bonds is 9. The Morgan fingerprint density at radius 2 is 1.62 bits per heavy atom. The predicted octanol–water partition coefficient (Wildman–Crippen LogP) is 4.39. The van der Waals surface area contributed by atoms with E-state index in [-0.39, 0.29) is 17.5 Å². The molecule has 3 aromatic carbocycles. The second-order valence-corrected chi connectivity index (χ2v) is 9.88. The average molecular weight is 483 g/mol. The molecule has 8 heteroatoms. The summed E-state index contributed by atoms with van der Waals surface area (Å²) in [6.45, 7) is 5.17. The van der Waals surface area contributed by atoms with Crippen molar-refractivity contribution in [3.63, 3.8) is 0 Å². The molecule has 7 nitrogen and oxygen atoms in total. The molecule has 34 heavy (non-hydrogen) atoms. The monoisotopic (exact) mass is 482 g/mol. The van der Waals surface area contributed by atoms with Crippen molar-refractivity contribution in [2.75, 3.05) is 25.1 Å². The highest BCUT2D eigenvalue weighted by Gasteiger charge is 2.28. The SMILES string of the molecule is COc1ccc([C@@H](C)NC(=O)CN(c2cc(C)ccc2C)S(=O)(=O)c2ccccc2)cc1OC. The van der Waals surface area contributed by atoms with E-state index in [9.17, 15) is 13.2 Å². The molecular weight excluding hydrogens is 452 g/mol. The van der Waals surface area contributed by atoms with Crippen molar-refractivity contribution in [2.45, 2.75) is 31.7 Å². The number of nitrogens with one attached hydrogen (secondary N) is 1. The van der Waals surface area contributed by atoms with Crippen molar-refractivity contribution in [2.24, 2.45) is 0 Å². The first kappa shape index (κ1) is 25.1. The third kappa shape index (κ3) is 5.51. The zero-order valence-corrected chi connectivity index (χ0v) is 20.8. The van der Waals surface area contributed by atoms with Gasteiger partial charge < -0.3 is 14.8 Å².